The van der Waals surface area contributed by atoms with E-state index in [2.05, 4.69) is 49.9 Å². The lowest BCUT2D eigenvalue weighted by Crippen LogP contribution is -2.36. The summed E-state index contributed by atoms with van der Waals surface area (Å²) < 4.78 is 1.89. The molecular weight excluding hydrogens is 511 g/mol. The third kappa shape index (κ3) is 7.06. The molecule has 1 aliphatic rings. The number of benzene rings is 2. The van der Waals surface area contributed by atoms with Crippen LogP contribution in [-0.4, -0.2) is 40.8 Å². The van der Waals surface area contributed by atoms with E-state index >= 15 is 0 Å². The standard InChI is InChI=1S/C25H32N6.HI/c1-26-25(28-19-23-14-17-31(29-23)24-8-4-2-5-9-24)27-18-21-10-12-22(13-11-21)20-30-15-6-3-7-16-30;/h2,4-5,8-14,17H,3,6-7,15-16,18-20H2,1H3,(H2,26,27,28);1H. The summed E-state index contributed by atoms with van der Waals surface area (Å²) in [6, 6.07) is 21.1. The molecule has 1 aromatic heterocycles. The molecule has 0 bridgehead atoms. The zero-order valence-electron chi connectivity index (χ0n) is 18.7. The van der Waals surface area contributed by atoms with E-state index in [1.807, 2.05) is 47.3 Å². The Morgan fingerprint density at radius 1 is 0.875 bits per heavy atom. The molecule has 6 nitrogen and oxygen atoms in total. The van der Waals surface area contributed by atoms with E-state index in [1.54, 1.807) is 7.05 Å². The summed E-state index contributed by atoms with van der Waals surface area (Å²) >= 11 is 0. The normalized spacial score (nSPS) is 14.6. The molecule has 170 valence electrons. The third-order valence-electron chi connectivity index (χ3n) is 5.66. The molecule has 0 aliphatic carbocycles. The molecular formula is C25H33IN6. The van der Waals surface area contributed by atoms with Gasteiger partial charge in [0.05, 0.1) is 17.9 Å². The average Bonchev–Trinajstić information content (AvgIpc) is 3.31. The molecule has 1 fully saturated rings. The zero-order chi connectivity index (χ0) is 21.3. The van der Waals surface area contributed by atoms with E-state index in [-0.39, 0.29) is 24.0 Å². The second-order valence-corrected chi connectivity index (χ2v) is 8.02. The largest absolute Gasteiger partial charge is 0.352 e. The first-order valence-electron chi connectivity index (χ1n) is 11.1. The van der Waals surface area contributed by atoms with Gasteiger partial charge in [0, 0.05) is 26.3 Å². The molecule has 32 heavy (non-hydrogen) atoms. The maximum absolute atomic E-state index is 4.63. The van der Waals surface area contributed by atoms with Gasteiger partial charge in [-0.25, -0.2) is 4.68 Å². The Bertz CT molecular complexity index is 962. The number of piperidine rings is 1. The molecule has 0 amide bonds. The summed E-state index contributed by atoms with van der Waals surface area (Å²) in [6.07, 6.45) is 6.03. The topological polar surface area (TPSA) is 57.5 Å². The van der Waals surface area contributed by atoms with Crippen molar-refractivity contribution in [2.24, 2.45) is 4.99 Å². The van der Waals surface area contributed by atoms with Gasteiger partial charge in [-0.2, -0.15) is 5.10 Å². The number of hydrogen-bond donors (Lipinski definition) is 2. The van der Waals surface area contributed by atoms with Crippen molar-refractivity contribution in [1.29, 1.82) is 0 Å². The van der Waals surface area contributed by atoms with Crippen molar-refractivity contribution >= 4 is 29.9 Å². The fraction of sp³-hybridized carbons (Fsp3) is 0.360. The lowest BCUT2D eigenvalue weighted by Gasteiger charge is -2.26. The molecule has 4 rings (SSSR count). The number of rotatable bonds is 7. The van der Waals surface area contributed by atoms with Gasteiger partial charge >= 0.3 is 0 Å². The van der Waals surface area contributed by atoms with Crippen molar-refractivity contribution in [2.45, 2.75) is 38.9 Å². The van der Waals surface area contributed by atoms with Crippen LogP contribution in [0.5, 0.6) is 0 Å². The van der Waals surface area contributed by atoms with Crippen molar-refractivity contribution in [1.82, 2.24) is 25.3 Å². The maximum atomic E-state index is 4.63. The molecule has 0 saturated carbocycles. The fourth-order valence-corrected chi connectivity index (χ4v) is 3.90. The minimum absolute atomic E-state index is 0. The highest BCUT2D eigenvalue weighted by Gasteiger charge is 2.10. The third-order valence-corrected chi connectivity index (χ3v) is 5.66. The van der Waals surface area contributed by atoms with Crippen molar-refractivity contribution in [3.8, 4) is 5.69 Å². The van der Waals surface area contributed by atoms with Gasteiger partial charge in [-0.05, 0) is 55.3 Å². The number of guanidine groups is 1. The van der Waals surface area contributed by atoms with Crippen LogP contribution in [0.15, 0.2) is 71.9 Å². The lowest BCUT2D eigenvalue weighted by molar-refractivity contribution is 0.221. The molecule has 7 heteroatoms. The van der Waals surface area contributed by atoms with E-state index in [0.29, 0.717) is 6.54 Å². The van der Waals surface area contributed by atoms with Crippen LogP contribution in [0.2, 0.25) is 0 Å². The van der Waals surface area contributed by atoms with Crippen LogP contribution in [0, 0.1) is 0 Å². The first-order valence-corrected chi connectivity index (χ1v) is 11.1. The van der Waals surface area contributed by atoms with Crippen molar-refractivity contribution in [3.63, 3.8) is 0 Å². The molecule has 0 unspecified atom stereocenters. The summed E-state index contributed by atoms with van der Waals surface area (Å²) in [6.45, 7) is 4.88. The van der Waals surface area contributed by atoms with Gasteiger partial charge in [-0.15, -0.1) is 24.0 Å². The van der Waals surface area contributed by atoms with Crippen LogP contribution >= 0.6 is 24.0 Å². The van der Waals surface area contributed by atoms with Crippen LogP contribution in [-0.2, 0) is 19.6 Å². The minimum Gasteiger partial charge on any atom is -0.352 e. The Kier molecular flexibility index (Phi) is 9.55. The molecule has 0 spiro atoms. The predicted octanol–water partition coefficient (Wildman–Crippen LogP) is 4.34. The number of nitrogens with zero attached hydrogens (tertiary/aromatic N) is 4. The van der Waals surface area contributed by atoms with Gasteiger partial charge in [0.2, 0.25) is 0 Å². The van der Waals surface area contributed by atoms with Crippen molar-refractivity contribution in [3.05, 3.63) is 83.7 Å². The summed E-state index contributed by atoms with van der Waals surface area (Å²) in [5.41, 5.74) is 4.66. The van der Waals surface area contributed by atoms with E-state index in [9.17, 15) is 0 Å². The molecule has 2 heterocycles. The zero-order valence-corrected chi connectivity index (χ0v) is 21.0. The molecule has 0 radical (unpaired) electrons. The number of nitrogens with one attached hydrogen (secondary N) is 2. The molecule has 1 saturated heterocycles. The molecule has 1 aliphatic heterocycles. The number of likely N-dealkylation sites (tertiary alicyclic amines) is 1. The first kappa shape index (κ1) is 24.3. The van der Waals surface area contributed by atoms with Gasteiger partial charge in [-0.3, -0.25) is 9.89 Å². The van der Waals surface area contributed by atoms with Gasteiger partial charge < -0.3 is 10.6 Å². The van der Waals surface area contributed by atoms with Crippen LogP contribution < -0.4 is 10.6 Å². The predicted molar refractivity (Wildman–Crippen MR) is 142 cm³/mol. The Balaban J connectivity index is 0.00000289. The number of aliphatic imine (C=N–C) groups is 1. The van der Waals surface area contributed by atoms with Crippen molar-refractivity contribution in [2.75, 3.05) is 20.1 Å². The van der Waals surface area contributed by atoms with Crippen LogP contribution in [0.4, 0.5) is 0 Å². The summed E-state index contributed by atoms with van der Waals surface area (Å²) in [5.74, 6) is 0.770. The summed E-state index contributed by atoms with van der Waals surface area (Å²) in [4.78, 5) is 6.89. The van der Waals surface area contributed by atoms with Crippen LogP contribution in [0.25, 0.3) is 5.69 Å². The van der Waals surface area contributed by atoms with Crippen LogP contribution in [0.3, 0.4) is 0 Å². The molecule has 3 aromatic rings. The monoisotopic (exact) mass is 544 g/mol. The second-order valence-electron chi connectivity index (χ2n) is 8.02. The van der Waals surface area contributed by atoms with Gasteiger partial charge in [0.15, 0.2) is 5.96 Å². The minimum atomic E-state index is 0. The Hall–Kier alpha value is -2.39. The van der Waals surface area contributed by atoms with Crippen LogP contribution in [0.1, 0.15) is 36.1 Å². The summed E-state index contributed by atoms with van der Waals surface area (Å²) in [7, 11) is 1.79. The first-order chi connectivity index (χ1) is 15.3. The summed E-state index contributed by atoms with van der Waals surface area (Å²) in [5, 5.41) is 11.4. The van der Waals surface area contributed by atoms with Crippen molar-refractivity contribution < 1.29 is 0 Å². The lowest BCUT2D eigenvalue weighted by atomic mass is 10.1. The Morgan fingerprint density at radius 3 is 2.28 bits per heavy atom. The van der Waals surface area contributed by atoms with Gasteiger partial charge in [0.1, 0.15) is 0 Å². The smallest absolute Gasteiger partial charge is 0.191 e. The van der Waals surface area contributed by atoms with Gasteiger partial charge in [0.25, 0.3) is 0 Å². The fourth-order valence-electron chi connectivity index (χ4n) is 3.90. The highest BCUT2D eigenvalue weighted by Crippen LogP contribution is 2.13. The highest BCUT2D eigenvalue weighted by molar-refractivity contribution is 14.0. The number of aromatic nitrogens is 2. The van der Waals surface area contributed by atoms with E-state index < -0.39 is 0 Å². The Labute approximate surface area is 208 Å². The van der Waals surface area contributed by atoms with E-state index in [0.717, 1.165) is 30.4 Å². The SMILES string of the molecule is CN=C(NCc1ccc(CN2CCCCC2)cc1)NCc1ccn(-c2ccccc2)n1.I. The molecule has 0 atom stereocenters. The second kappa shape index (κ2) is 12.6. The average molecular weight is 544 g/mol. The highest BCUT2D eigenvalue weighted by atomic mass is 127. The Morgan fingerprint density at radius 2 is 1.56 bits per heavy atom. The van der Waals surface area contributed by atoms with E-state index in [1.165, 1.54) is 43.5 Å². The van der Waals surface area contributed by atoms with E-state index in [4.69, 9.17) is 0 Å². The molecule has 2 aromatic carbocycles. The molecule has 2 N–H and O–H groups in total. The van der Waals surface area contributed by atoms with Gasteiger partial charge in [-0.1, -0.05) is 48.9 Å². The number of hydrogen-bond acceptors (Lipinski definition) is 3. The number of para-hydroxylation sites is 1. The quantitative estimate of drug-likeness (QED) is 0.264. The number of halogens is 1. The maximum Gasteiger partial charge on any atom is 0.191 e.